The third-order valence-corrected chi connectivity index (χ3v) is 4.67. The van der Waals surface area contributed by atoms with E-state index in [1.165, 1.54) is 62.6 Å². The number of rotatable bonds is 1. The maximum atomic E-state index is 6.71. The van der Waals surface area contributed by atoms with Gasteiger partial charge in [0.1, 0.15) is 0 Å². The molecule has 3 rings (SSSR count). The SMILES string of the molecule is NC1(C2CCCc3cccnc32)CCCCC1. The Balaban J connectivity index is 1.94. The Bertz CT molecular complexity index is 394. The number of nitrogens with two attached hydrogens (primary N) is 1. The van der Waals surface area contributed by atoms with Crippen LogP contribution in [0.3, 0.4) is 0 Å². The van der Waals surface area contributed by atoms with Gasteiger partial charge < -0.3 is 5.73 Å². The fourth-order valence-electron chi connectivity index (χ4n) is 3.73. The fraction of sp³-hybridized carbons (Fsp3) is 0.667. The highest BCUT2D eigenvalue weighted by Gasteiger charge is 2.39. The molecular weight excluding hydrogens is 208 g/mol. The molecule has 0 bridgehead atoms. The van der Waals surface area contributed by atoms with Crippen molar-refractivity contribution in [2.45, 2.75) is 62.8 Å². The number of nitrogens with zero attached hydrogens (tertiary/aromatic N) is 1. The summed E-state index contributed by atoms with van der Waals surface area (Å²) < 4.78 is 0. The van der Waals surface area contributed by atoms with Crippen molar-refractivity contribution >= 4 is 0 Å². The highest BCUT2D eigenvalue weighted by Crippen LogP contribution is 2.43. The van der Waals surface area contributed by atoms with Gasteiger partial charge in [0.05, 0.1) is 0 Å². The van der Waals surface area contributed by atoms with Crippen LogP contribution in [0.15, 0.2) is 18.3 Å². The molecule has 2 aliphatic carbocycles. The van der Waals surface area contributed by atoms with Gasteiger partial charge in [0.25, 0.3) is 0 Å². The van der Waals surface area contributed by atoms with E-state index in [2.05, 4.69) is 17.1 Å². The van der Waals surface area contributed by atoms with Crippen LogP contribution in [0.25, 0.3) is 0 Å². The fourth-order valence-corrected chi connectivity index (χ4v) is 3.73. The van der Waals surface area contributed by atoms with Crippen LogP contribution in [0.1, 0.15) is 62.1 Å². The van der Waals surface area contributed by atoms with Crippen molar-refractivity contribution < 1.29 is 0 Å². The molecule has 0 amide bonds. The number of hydrogen-bond acceptors (Lipinski definition) is 2. The van der Waals surface area contributed by atoms with Gasteiger partial charge in [-0.1, -0.05) is 25.3 Å². The number of pyridine rings is 1. The lowest BCUT2D eigenvalue weighted by Gasteiger charge is -2.42. The Morgan fingerprint density at radius 1 is 1.18 bits per heavy atom. The summed E-state index contributed by atoms with van der Waals surface area (Å²) in [5, 5.41) is 0. The summed E-state index contributed by atoms with van der Waals surface area (Å²) in [4.78, 5) is 4.64. The predicted molar refractivity (Wildman–Crippen MR) is 69.9 cm³/mol. The van der Waals surface area contributed by atoms with Gasteiger partial charge in [0, 0.05) is 23.3 Å². The van der Waals surface area contributed by atoms with Gasteiger partial charge in [-0.05, 0) is 43.7 Å². The van der Waals surface area contributed by atoms with Crippen LogP contribution >= 0.6 is 0 Å². The minimum absolute atomic E-state index is 0.0295. The summed E-state index contributed by atoms with van der Waals surface area (Å²) in [6.45, 7) is 0. The molecule has 1 heterocycles. The van der Waals surface area contributed by atoms with Crippen molar-refractivity contribution in [2.24, 2.45) is 5.73 Å². The van der Waals surface area contributed by atoms with Gasteiger partial charge in [-0.15, -0.1) is 0 Å². The molecule has 2 aliphatic rings. The van der Waals surface area contributed by atoms with Crippen LogP contribution in [0.4, 0.5) is 0 Å². The van der Waals surface area contributed by atoms with Gasteiger partial charge >= 0.3 is 0 Å². The molecule has 17 heavy (non-hydrogen) atoms. The third-order valence-electron chi connectivity index (χ3n) is 4.67. The summed E-state index contributed by atoms with van der Waals surface area (Å²) in [6, 6.07) is 4.30. The van der Waals surface area contributed by atoms with E-state index in [-0.39, 0.29) is 5.54 Å². The predicted octanol–water partition coefficient (Wildman–Crippen LogP) is 3.16. The number of fused-ring (bicyclic) bond motifs is 1. The highest BCUT2D eigenvalue weighted by atomic mass is 14.8. The lowest BCUT2D eigenvalue weighted by molar-refractivity contribution is 0.226. The normalized spacial score (nSPS) is 27.5. The van der Waals surface area contributed by atoms with E-state index in [1.807, 2.05) is 6.20 Å². The van der Waals surface area contributed by atoms with Crippen molar-refractivity contribution in [3.05, 3.63) is 29.6 Å². The average molecular weight is 230 g/mol. The minimum atomic E-state index is 0.0295. The Labute approximate surface area is 104 Å². The van der Waals surface area contributed by atoms with Crippen molar-refractivity contribution in [3.63, 3.8) is 0 Å². The van der Waals surface area contributed by atoms with Crippen molar-refractivity contribution in [1.29, 1.82) is 0 Å². The number of aryl methyl sites for hydroxylation is 1. The van der Waals surface area contributed by atoms with E-state index in [4.69, 9.17) is 5.73 Å². The molecule has 0 spiro atoms. The van der Waals surface area contributed by atoms with E-state index in [9.17, 15) is 0 Å². The maximum absolute atomic E-state index is 6.71. The first-order valence-electron chi connectivity index (χ1n) is 7.02. The Morgan fingerprint density at radius 2 is 2.00 bits per heavy atom. The molecule has 1 aromatic rings. The van der Waals surface area contributed by atoms with Crippen LogP contribution in [0, 0.1) is 0 Å². The summed E-state index contributed by atoms with van der Waals surface area (Å²) >= 11 is 0. The van der Waals surface area contributed by atoms with E-state index < -0.39 is 0 Å². The molecule has 2 N–H and O–H groups in total. The second-order valence-corrected chi connectivity index (χ2v) is 5.79. The van der Waals surface area contributed by atoms with Crippen LogP contribution < -0.4 is 5.73 Å². The molecule has 2 nitrogen and oxygen atoms in total. The smallest absolute Gasteiger partial charge is 0.0484 e. The molecule has 1 fully saturated rings. The molecule has 0 radical (unpaired) electrons. The molecule has 1 atom stereocenters. The van der Waals surface area contributed by atoms with Crippen LogP contribution in [0.2, 0.25) is 0 Å². The summed E-state index contributed by atoms with van der Waals surface area (Å²) in [5.74, 6) is 0.507. The molecule has 0 aromatic carbocycles. The summed E-state index contributed by atoms with van der Waals surface area (Å²) in [6.07, 6.45) is 12.0. The molecule has 1 unspecified atom stereocenters. The molecule has 92 valence electrons. The van der Waals surface area contributed by atoms with Crippen LogP contribution in [0.5, 0.6) is 0 Å². The standard InChI is InChI=1S/C15H22N2/c16-15(9-2-1-3-10-15)13-8-4-6-12-7-5-11-17-14(12)13/h5,7,11,13H,1-4,6,8-10,16H2. The molecule has 1 saturated carbocycles. The van der Waals surface area contributed by atoms with E-state index in [0.717, 1.165) is 0 Å². The molecule has 1 aromatic heterocycles. The zero-order valence-corrected chi connectivity index (χ0v) is 10.5. The zero-order valence-electron chi connectivity index (χ0n) is 10.5. The van der Waals surface area contributed by atoms with Gasteiger partial charge in [-0.3, -0.25) is 4.98 Å². The molecular formula is C15H22N2. The van der Waals surface area contributed by atoms with Crippen LogP contribution in [-0.2, 0) is 6.42 Å². The summed E-state index contributed by atoms with van der Waals surface area (Å²) in [7, 11) is 0. The number of hydrogen-bond donors (Lipinski definition) is 1. The van der Waals surface area contributed by atoms with E-state index in [0.29, 0.717) is 5.92 Å². The molecule has 0 saturated heterocycles. The first kappa shape index (κ1) is 11.2. The van der Waals surface area contributed by atoms with Gasteiger partial charge in [0.15, 0.2) is 0 Å². The Hall–Kier alpha value is -0.890. The zero-order chi connectivity index (χ0) is 11.7. The first-order valence-corrected chi connectivity index (χ1v) is 7.02. The summed E-state index contributed by atoms with van der Waals surface area (Å²) in [5.41, 5.74) is 9.49. The quantitative estimate of drug-likeness (QED) is 0.805. The van der Waals surface area contributed by atoms with Crippen LogP contribution in [-0.4, -0.2) is 10.5 Å². The Kier molecular flexibility index (Phi) is 2.91. The largest absolute Gasteiger partial charge is 0.324 e. The topological polar surface area (TPSA) is 38.9 Å². The maximum Gasteiger partial charge on any atom is 0.0484 e. The van der Waals surface area contributed by atoms with E-state index >= 15 is 0 Å². The van der Waals surface area contributed by atoms with Gasteiger partial charge in [-0.25, -0.2) is 0 Å². The minimum Gasteiger partial charge on any atom is -0.324 e. The molecule has 2 heteroatoms. The monoisotopic (exact) mass is 230 g/mol. The van der Waals surface area contributed by atoms with Crippen molar-refractivity contribution in [2.75, 3.05) is 0 Å². The van der Waals surface area contributed by atoms with Crippen molar-refractivity contribution in [3.8, 4) is 0 Å². The van der Waals surface area contributed by atoms with Crippen molar-refractivity contribution in [1.82, 2.24) is 4.98 Å². The first-order chi connectivity index (χ1) is 8.30. The van der Waals surface area contributed by atoms with Gasteiger partial charge in [0.2, 0.25) is 0 Å². The lowest BCUT2D eigenvalue weighted by Crippen LogP contribution is -2.48. The van der Waals surface area contributed by atoms with E-state index in [1.54, 1.807) is 0 Å². The molecule has 0 aliphatic heterocycles. The number of aromatic nitrogens is 1. The second kappa shape index (κ2) is 4.41. The highest BCUT2D eigenvalue weighted by molar-refractivity contribution is 5.29. The van der Waals surface area contributed by atoms with Gasteiger partial charge in [-0.2, -0.15) is 0 Å². The average Bonchev–Trinajstić information content (AvgIpc) is 2.39. The lowest BCUT2D eigenvalue weighted by atomic mass is 9.67. The second-order valence-electron chi connectivity index (χ2n) is 5.79. The Morgan fingerprint density at radius 3 is 2.82 bits per heavy atom. The third kappa shape index (κ3) is 1.99.